The van der Waals surface area contributed by atoms with Crippen LogP contribution in [0.15, 0.2) is 30.3 Å². The predicted molar refractivity (Wildman–Crippen MR) is 90.7 cm³/mol. The Morgan fingerprint density at radius 1 is 1.00 bits per heavy atom. The highest BCUT2D eigenvalue weighted by atomic mass is 16.5. The summed E-state index contributed by atoms with van der Waals surface area (Å²) in [7, 11) is 0. The molecule has 2 fully saturated rings. The van der Waals surface area contributed by atoms with E-state index in [0.29, 0.717) is 32.7 Å². The third kappa shape index (κ3) is 4.26. The quantitative estimate of drug-likeness (QED) is 0.903. The minimum absolute atomic E-state index is 0.0259. The molecule has 2 aliphatic heterocycles. The zero-order chi connectivity index (χ0) is 16.8. The minimum atomic E-state index is -0.513. The van der Waals surface area contributed by atoms with Crippen LogP contribution in [0.25, 0.3) is 0 Å². The summed E-state index contributed by atoms with van der Waals surface area (Å²) < 4.78 is 5.28. The number of benzene rings is 1. The Balaban J connectivity index is 1.68. The summed E-state index contributed by atoms with van der Waals surface area (Å²) in [4.78, 5) is 28.9. The lowest BCUT2D eigenvalue weighted by molar-refractivity contribution is -0.132. The SMILES string of the molecule is O=C(N[C@H](Cc1ccccc1)C(=O)N1CCCC1)N1CCOCC1. The molecule has 0 saturated carbocycles. The summed E-state index contributed by atoms with van der Waals surface area (Å²) >= 11 is 0. The van der Waals surface area contributed by atoms with Crippen LogP contribution in [-0.2, 0) is 16.0 Å². The van der Waals surface area contributed by atoms with Crippen molar-refractivity contribution in [3.05, 3.63) is 35.9 Å². The van der Waals surface area contributed by atoms with Gasteiger partial charge in [0.05, 0.1) is 13.2 Å². The van der Waals surface area contributed by atoms with Gasteiger partial charge in [0, 0.05) is 32.6 Å². The minimum Gasteiger partial charge on any atom is -0.378 e. The molecule has 130 valence electrons. The average Bonchev–Trinajstić information content (AvgIpc) is 3.17. The van der Waals surface area contributed by atoms with Crippen molar-refractivity contribution in [3.63, 3.8) is 0 Å². The molecular formula is C18H25N3O3. The van der Waals surface area contributed by atoms with Crippen molar-refractivity contribution in [1.29, 1.82) is 0 Å². The Morgan fingerprint density at radius 2 is 1.67 bits per heavy atom. The number of carbonyl (C=O) groups is 2. The molecule has 0 bridgehead atoms. The van der Waals surface area contributed by atoms with Crippen molar-refractivity contribution < 1.29 is 14.3 Å². The fraction of sp³-hybridized carbons (Fsp3) is 0.556. The van der Waals surface area contributed by atoms with Gasteiger partial charge in [-0.05, 0) is 18.4 Å². The summed E-state index contributed by atoms with van der Waals surface area (Å²) in [5.74, 6) is 0.0259. The zero-order valence-corrected chi connectivity index (χ0v) is 13.9. The van der Waals surface area contributed by atoms with Crippen molar-refractivity contribution in [2.75, 3.05) is 39.4 Å². The summed E-state index contributed by atoms with van der Waals surface area (Å²) in [5.41, 5.74) is 1.05. The first-order valence-corrected chi connectivity index (χ1v) is 8.70. The van der Waals surface area contributed by atoms with Crippen molar-refractivity contribution >= 4 is 11.9 Å². The van der Waals surface area contributed by atoms with Crippen LogP contribution in [0.4, 0.5) is 4.79 Å². The van der Waals surface area contributed by atoms with Crippen LogP contribution in [0, 0.1) is 0 Å². The first-order valence-electron chi connectivity index (χ1n) is 8.70. The normalized spacial score (nSPS) is 19.2. The third-order valence-corrected chi connectivity index (χ3v) is 4.59. The van der Waals surface area contributed by atoms with E-state index in [-0.39, 0.29) is 11.9 Å². The highest BCUT2D eigenvalue weighted by molar-refractivity contribution is 5.87. The van der Waals surface area contributed by atoms with Gasteiger partial charge >= 0.3 is 6.03 Å². The van der Waals surface area contributed by atoms with Gasteiger partial charge in [-0.3, -0.25) is 4.79 Å². The number of nitrogens with zero attached hydrogens (tertiary/aromatic N) is 2. The van der Waals surface area contributed by atoms with Crippen LogP contribution in [-0.4, -0.2) is 67.2 Å². The maximum atomic E-state index is 12.8. The highest BCUT2D eigenvalue weighted by Crippen LogP contribution is 2.13. The zero-order valence-electron chi connectivity index (χ0n) is 13.9. The van der Waals surface area contributed by atoms with Crippen LogP contribution >= 0.6 is 0 Å². The van der Waals surface area contributed by atoms with E-state index in [4.69, 9.17) is 4.74 Å². The molecule has 2 heterocycles. The van der Waals surface area contributed by atoms with E-state index in [1.165, 1.54) is 0 Å². The molecule has 1 N–H and O–H groups in total. The van der Waals surface area contributed by atoms with E-state index < -0.39 is 6.04 Å². The molecule has 6 heteroatoms. The number of likely N-dealkylation sites (tertiary alicyclic amines) is 1. The lowest BCUT2D eigenvalue weighted by Crippen LogP contribution is -2.54. The average molecular weight is 331 g/mol. The number of carbonyl (C=O) groups excluding carboxylic acids is 2. The Kier molecular flexibility index (Phi) is 5.69. The smallest absolute Gasteiger partial charge is 0.318 e. The number of amides is 3. The standard InChI is InChI=1S/C18H25N3O3/c22-17(20-8-4-5-9-20)16(14-15-6-2-1-3-7-15)19-18(23)21-10-12-24-13-11-21/h1-3,6-7,16H,4-5,8-14H2,(H,19,23)/t16-/m1/s1. The fourth-order valence-electron chi connectivity index (χ4n) is 3.21. The summed E-state index contributed by atoms with van der Waals surface area (Å²) in [6.45, 7) is 3.83. The van der Waals surface area contributed by atoms with Crippen molar-refractivity contribution in [1.82, 2.24) is 15.1 Å². The molecule has 24 heavy (non-hydrogen) atoms. The molecular weight excluding hydrogens is 306 g/mol. The molecule has 3 rings (SSSR count). The Bertz CT molecular complexity index is 552. The van der Waals surface area contributed by atoms with Gasteiger partial charge in [0.2, 0.25) is 5.91 Å². The number of hydrogen-bond acceptors (Lipinski definition) is 3. The fourth-order valence-corrected chi connectivity index (χ4v) is 3.21. The van der Waals surface area contributed by atoms with Crippen molar-refractivity contribution in [2.45, 2.75) is 25.3 Å². The summed E-state index contributed by atoms with van der Waals surface area (Å²) in [6.07, 6.45) is 2.61. The molecule has 2 saturated heterocycles. The van der Waals surface area contributed by atoms with E-state index in [2.05, 4.69) is 5.32 Å². The lowest BCUT2D eigenvalue weighted by atomic mass is 10.0. The second-order valence-electron chi connectivity index (χ2n) is 6.32. The van der Waals surface area contributed by atoms with E-state index in [1.807, 2.05) is 35.2 Å². The monoisotopic (exact) mass is 331 g/mol. The largest absolute Gasteiger partial charge is 0.378 e. The van der Waals surface area contributed by atoms with Gasteiger partial charge < -0.3 is 19.9 Å². The molecule has 0 aromatic heterocycles. The molecule has 6 nitrogen and oxygen atoms in total. The predicted octanol–water partition coefficient (Wildman–Crippen LogP) is 1.26. The Labute approximate surface area is 142 Å². The lowest BCUT2D eigenvalue weighted by Gasteiger charge is -2.30. The molecule has 0 radical (unpaired) electrons. The number of morpholine rings is 1. The molecule has 1 aromatic carbocycles. The Hall–Kier alpha value is -2.08. The molecule has 0 aliphatic carbocycles. The maximum absolute atomic E-state index is 12.8. The maximum Gasteiger partial charge on any atom is 0.318 e. The molecule has 1 aromatic rings. The van der Waals surface area contributed by atoms with Crippen LogP contribution in [0.5, 0.6) is 0 Å². The van der Waals surface area contributed by atoms with Gasteiger partial charge in [0.1, 0.15) is 6.04 Å². The van der Waals surface area contributed by atoms with Crippen LogP contribution in [0.3, 0.4) is 0 Å². The first-order chi connectivity index (χ1) is 11.7. The van der Waals surface area contributed by atoms with Crippen LogP contribution < -0.4 is 5.32 Å². The molecule has 2 aliphatic rings. The van der Waals surface area contributed by atoms with Gasteiger partial charge in [0.15, 0.2) is 0 Å². The number of rotatable bonds is 4. The second-order valence-corrected chi connectivity index (χ2v) is 6.32. The molecule has 3 amide bonds. The second kappa shape index (κ2) is 8.15. The van der Waals surface area contributed by atoms with E-state index in [0.717, 1.165) is 31.5 Å². The summed E-state index contributed by atoms with van der Waals surface area (Å²) in [5, 5.41) is 2.95. The van der Waals surface area contributed by atoms with Crippen molar-refractivity contribution in [2.24, 2.45) is 0 Å². The van der Waals surface area contributed by atoms with Crippen molar-refractivity contribution in [3.8, 4) is 0 Å². The van der Waals surface area contributed by atoms with Gasteiger partial charge in [-0.25, -0.2) is 4.79 Å². The van der Waals surface area contributed by atoms with E-state index in [9.17, 15) is 9.59 Å². The summed E-state index contributed by atoms with van der Waals surface area (Å²) in [6, 6.07) is 9.16. The van der Waals surface area contributed by atoms with Crippen LogP contribution in [0.1, 0.15) is 18.4 Å². The van der Waals surface area contributed by atoms with Gasteiger partial charge in [-0.15, -0.1) is 0 Å². The highest BCUT2D eigenvalue weighted by Gasteiger charge is 2.29. The number of hydrogen-bond donors (Lipinski definition) is 1. The number of nitrogens with one attached hydrogen (secondary N) is 1. The molecule has 0 spiro atoms. The topological polar surface area (TPSA) is 61.9 Å². The first kappa shape index (κ1) is 16.8. The van der Waals surface area contributed by atoms with E-state index in [1.54, 1.807) is 4.90 Å². The molecule has 0 unspecified atom stereocenters. The van der Waals surface area contributed by atoms with Crippen LogP contribution in [0.2, 0.25) is 0 Å². The van der Waals surface area contributed by atoms with Gasteiger partial charge in [-0.1, -0.05) is 30.3 Å². The third-order valence-electron chi connectivity index (χ3n) is 4.59. The van der Waals surface area contributed by atoms with Gasteiger partial charge in [0.25, 0.3) is 0 Å². The van der Waals surface area contributed by atoms with Gasteiger partial charge in [-0.2, -0.15) is 0 Å². The van der Waals surface area contributed by atoms with E-state index >= 15 is 0 Å². The Morgan fingerprint density at radius 3 is 2.33 bits per heavy atom. The molecule has 1 atom stereocenters. The number of ether oxygens (including phenoxy) is 1. The number of urea groups is 1.